The van der Waals surface area contributed by atoms with Crippen LogP contribution in [0.2, 0.25) is 0 Å². The quantitative estimate of drug-likeness (QED) is 0.151. The average molecular weight is 851 g/mol. The third-order valence-corrected chi connectivity index (χ3v) is 14.5. The van der Waals surface area contributed by atoms with E-state index in [0.29, 0.717) is 11.8 Å². The van der Waals surface area contributed by atoms with Crippen LogP contribution < -0.4 is 9.80 Å². The highest BCUT2D eigenvalue weighted by molar-refractivity contribution is 6.32. The van der Waals surface area contributed by atoms with Gasteiger partial charge in [-0.2, -0.15) is 0 Å². The minimum absolute atomic E-state index is 0.459. The molecule has 0 atom stereocenters. The maximum Gasteiger partial charge on any atom is 0.0641 e. The van der Waals surface area contributed by atoms with Crippen LogP contribution in [0.3, 0.4) is 0 Å². The molecule has 13 aromatic rings. The third-order valence-electron chi connectivity index (χ3n) is 14.5. The van der Waals surface area contributed by atoms with Crippen molar-refractivity contribution in [2.24, 2.45) is 0 Å². The van der Waals surface area contributed by atoms with Gasteiger partial charge in [0.15, 0.2) is 0 Å². The van der Waals surface area contributed by atoms with Gasteiger partial charge < -0.3 is 18.6 Å². The molecule has 0 aliphatic rings. The normalized spacial score (nSPS) is 12.4. The SMILES string of the molecule is Cc1cccc2c3c(N(c4ccccc4)c4ccc(C(C)C)cc4)ccc4c5cc6c(cc5n(c12)c43)c1ccc(N(c2ccccc2)c2ccc(C(C)C)cc2)c2c3cccc(C)c3n6c12. The predicted octanol–water partition coefficient (Wildman–Crippen LogP) is 17.8. The summed E-state index contributed by atoms with van der Waals surface area (Å²) in [5.41, 5.74) is 19.7. The first kappa shape index (κ1) is 38.6. The highest BCUT2D eigenvalue weighted by Crippen LogP contribution is 2.52. The zero-order chi connectivity index (χ0) is 44.5. The van der Waals surface area contributed by atoms with E-state index in [4.69, 9.17) is 0 Å². The third kappa shape index (κ3) is 5.39. The molecule has 9 aromatic carbocycles. The molecule has 4 heterocycles. The Balaban J connectivity index is 1.12. The van der Waals surface area contributed by atoms with E-state index in [1.807, 2.05) is 0 Å². The van der Waals surface area contributed by atoms with E-state index < -0.39 is 0 Å². The van der Waals surface area contributed by atoms with Gasteiger partial charge in [0.05, 0.1) is 44.5 Å². The molecule has 13 rings (SSSR count). The topological polar surface area (TPSA) is 15.3 Å². The van der Waals surface area contributed by atoms with Crippen LogP contribution in [-0.2, 0) is 0 Å². The van der Waals surface area contributed by atoms with Crippen molar-refractivity contribution in [2.75, 3.05) is 9.80 Å². The molecule has 4 heteroatoms. The Bertz CT molecular complexity index is 3720. The highest BCUT2D eigenvalue weighted by atomic mass is 15.2. The molecule has 66 heavy (non-hydrogen) atoms. The fourth-order valence-electron chi connectivity index (χ4n) is 11.4. The second kappa shape index (κ2) is 14.3. The number of benzene rings is 9. The van der Waals surface area contributed by atoms with Gasteiger partial charge in [0.2, 0.25) is 0 Å². The monoisotopic (exact) mass is 850 g/mol. The molecule has 0 fully saturated rings. The minimum Gasteiger partial charge on any atom is -0.310 e. The number of aromatic nitrogens is 2. The molecule has 4 nitrogen and oxygen atoms in total. The van der Waals surface area contributed by atoms with E-state index in [1.54, 1.807) is 0 Å². The lowest BCUT2D eigenvalue weighted by Gasteiger charge is -2.27. The van der Waals surface area contributed by atoms with Gasteiger partial charge in [0.1, 0.15) is 0 Å². The fraction of sp³-hybridized carbons (Fsp3) is 0.129. The van der Waals surface area contributed by atoms with E-state index in [2.05, 4.69) is 242 Å². The minimum atomic E-state index is 0.459. The van der Waals surface area contributed by atoms with Crippen LogP contribution in [-0.4, -0.2) is 8.80 Å². The fourth-order valence-corrected chi connectivity index (χ4v) is 11.4. The van der Waals surface area contributed by atoms with E-state index in [9.17, 15) is 0 Å². The van der Waals surface area contributed by atoms with E-state index >= 15 is 0 Å². The van der Waals surface area contributed by atoms with Crippen molar-refractivity contribution in [3.8, 4) is 0 Å². The number of fused-ring (bicyclic) bond motifs is 12. The number of rotatable bonds is 8. The summed E-state index contributed by atoms with van der Waals surface area (Å²) in [5.74, 6) is 0.918. The lowest BCUT2D eigenvalue weighted by Crippen LogP contribution is -2.10. The number of aryl methyl sites for hydroxylation is 2. The Morgan fingerprint density at radius 3 is 1.09 bits per heavy atom. The van der Waals surface area contributed by atoms with Crippen LogP contribution in [0.5, 0.6) is 0 Å². The van der Waals surface area contributed by atoms with Crippen molar-refractivity contribution in [3.05, 3.63) is 204 Å². The summed E-state index contributed by atoms with van der Waals surface area (Å²) in [6.07, 6.45) is 0. The van der Waals surface area contributed by atoms with Gasteiger partial charge >= 0.3 is 0 Å². The molecule has 0 aliphatic carbocycles. The maximum absolute atomic E-state index is 2.58. The van der Waals surface area contributed by atoms with E-state index in [1.165, 1.54) is 110 Å². The first-order valence-electron chi connectivity index (χ1n) is 23.5. The number of hydrogen-bond donors (Lipinski definition) is 0. The summed E-state index contributed by atoms with van der Waals surface area (Å²) in [5, 5.41) is 10.2. The Morgan fingerprint density at radius 1 is 0.333 bits per heavy atom. The van der Waals surface area contributed by atoms with Crippen molar-refractivity contribution in [2.45, 2.75) is 53.4 Å². The molecule has 318 valence electrons. The van der Waals surface area contributed by atoms with Gasteiger partial charge in [-0.05, 0) is 121 Å². The summed E-state index contributed by atoms with van der Waals surface area (Å²) in [6.45, 7) is 13.6. The summed E-state index contributed by atoms with van der Waals surface area (Å²) < 4.78 is 5.17. The van der Waals surface area contributed by atoms with Gasteiger partial charge in [-0.15, -0.1) is 0 Å². The van der Waals surface area contributed by atoms with Crippen molar-refractivity contribution >= 4 is 110 Å². The summed E-state index contributed by atoms with van der Waals surface area (Å²) >= 11 is 0. The maximum atomic E-state index is 2.58. The smallest absolute Gasteiger partial charge is 0.0641 e. The standard InChI is InChI=1S/C62H50N4/c1-37(2)41-23-27-45(28-24-41)63(43-17-9-7-10-18-43)53-33-31-47-51-35-56-52(36-55(51)65-59-39(5)15-13-21-49(59)57(53)61(47)65)48-32-34-54(58-50-22-14-16-40(6)60(50)66(56)62(48)58)64(44-19-11-8-12-20-44)46-29-25-42(26-30-46)38(3)4/h7-38H,1-6H3. The van der Waals surface area contributed by atoms with Crippen LogP contribution in [0.15, 0.2) is 182 Å². The molecule has 0 saturated heterocycles. The second-order valence-electron chi connectivity index (χ2n) is 19.0. The van der Waals surface area contributed by atoms with Crippen molar-refractivity contribution in [3.63, 3.8) is 0 Å². The number of para-hydroxylation sites is 4. The lowest BCUT2D eigenvalue weighted by molar-refractivity contribution is 0.866. The summed E-state index contributed by atoms with van der Waals surface area (Å²) in [7, 11) is 0. The molecule has 0 radical (unpaired) electrons. The van der Waals surface area contributed by atoms with Crippen LogP contribution in [0.4, 0.5) is 34.1 Å². The molecular weight excluding hydrogens is 801 g/mol. The van der Waals surface area contributed by atoms with Crippen LogP contribution in [0.1, 0.15) is 61.8 Å². The Morgan fingerprint density at radius 2 is 0.712 bits per heavy atom. The van der Waals surface area contributed by atoms with Gasteiger partial charge in [0.25, 0.3) is 0 Å². The van der Waals surface area contributed by atoms with Crippen LogP contribution in [0, 0.1) is 13.8 Å². The molecule has 0 unspecified atom stereocenters. The van der Waals surface area contributed by atoms with Crippen LogP contribution in [0.25, 0.3) is 76.2 Å². The highest BCUT2D eigenvalue weighted by Gasteiger charge is 2.28. The first-order valence-corrected chi connectivity index (χ1v) is 23.5. The van der Waals surface area contributed by atoms with Gasteiger partial charge in [0, 0.05) is 65.8 Å². The summed E-state index contributed by atoms with van der Waals surface area (Å²) in [6, 6.07) is 68.2. The van der Waals surface area contributed by atoms with E-state index in [0.717, 1.165) is 22.7 Å². The Kier molecular flexibility index (Phi) is 8.39. The van der Waals surface area contributed by atoms with E-state index in [-0.39, 0.29) is 0 Å². The molecule has 4 aromatic heterocycles. The van der Waals surface area contributed by atoms with Gasteiger partial charge in [-0.1, -0.05) is 137 Å². The average Bonchev–Trinajstić information content (AvgIpc) is 4.07. The molecule has 0 N–H and O–H groups in total. The number of nitrogens with zero attached hydrogens (tertiary/aromatic N) is 4. The van der Waals surface area contributed by atoms with Crippen molar-refractivity contribution in [1.82, 2.24) is 8.80 Å². The largest absolute Gasteiger partial charge is 0.310 e. The molecule has 0 aliphatic heterocycles. The van der Waals surface area contributed by atoms with Crippen molar-refractivity contribution < 1.29 is 0 Å². The summed E-state index contributed by atoms with van der Waals surface area (Å²) in [4.78, 5) is 4.91. The number of anilines is 6. The molecule has 0 spiro atoms. The predicted molar refractivity (Wildman–Crippen MR) is 283 cm³/mol. The molecule has 0 amide bonds. The molecular formula is C62H50N4. The number of hydrogen-bond acceptors (Lipinski definition) is 2. The zero-order valence-corrected chi connectivity index (χ0v) is 38.3. The molecule has 0 saturated carbocycles. The first-order chi connectivity index (χ1) is 32.3. The Hall–Kier alpha value is -7.82. The van der Waals surface area contributed by atoms with Gasteiger partial charge in [-0.3, -0.25) is 0 Å². The van der Waals surface area contributed by atoms with Crippen LogP contribution >= 0.6 is 0 Å². The van der Waals surface area contributed by atoms with Crippen molar-refractivity contribution in [1.29, 1.82) is 0 Å². The molecule has 0 bridgehead atoms. The Labute approximate surface area is 384 Å². The van der Waals surface area contributed by atoms with Gasteiger partial charge in [-0.25, -0.2) is 0 Å². The second-order valence-corrected chi connectivity index (χ2v) is 19.0. The zero-order valence-electron chi connectivity index (χ0n) is 38.3. The lowest BCUT2D eigenvalue weighted by atomic mass is 10.0.